The van der Waals surface area contributed by atoms with Crippen molar-refractivity contribution < 1.29 is 14.6 Å². The van der Waals surface area contributed by atoms with Gasteiger partial charge < -0.3 is 9.84 Å². The molecule has 2 aliphatic rings. The molecule has 0 aromatic heterocycles. The molecule has 0 bridgehead atoms. The normalized spacial score (nSPS) is 32.5. The largest absolute Gasteiger partial charge is 0.487 e. The fraction of sp³-hybridized carbons (Fsp3) is 0.643. The summed E-state index contributed by atoms with van der Waals surface area (Å²) in [5.41, 5.74) is 0.590. The molecule has 1 N–H and O–H groups in total. The van der Waals surface area contributed by atoms with Gasteiger partial charge in [-0.3, -0.25) is 4.79 Å². The number of hydrogen-bond acceptors (Lipinski definition) is 3. The lowest BCUT2D eigenvalue weighted by Crippen LogP contribution is -2.45. The van der Waals surface area contributed by atoms with Crippen LogP contribution in [0.3, 0.4) is 0 Å². The van der Waals surface area contributed by atoms with Gasteiger partial charge in [-0.25, -0.2) is 0 Å². The molecule has 1 atom stereocenters. The third-order valence-corrected chi connectivity index (χ3v) is 3.90. The van der Waals surface area contributed by atoms with Gasteiger partial charge in [-0.2, -0.15) is 0 Å². The fourth-order valence-electron chi connectivity index (χ4n) is 2.54. The van der Waals surface area contributed by atoms with Gasteiger partial charge in [0.1, 0.15) is 17.0 Å². The Balaban J connectivity index is 2.58. The zero-order chi connectivity index (χ0) is 13.0. The number of allylic oxidation sites excluding steroid dienone is 1. The van der Waals surface area contributed by atoms with Gasteiger partial charge in [0.15, 0.2) is 5.78 Å². The van der Waals surface area contributed by atoms with E-state index in [4.69, 9.17) is 4.74 Å². The van der Waals surface area contributed by atoms with Crippen LogP contribution in [0.5, 0.6) is 0 Å². The molecule has 1 unspecified atom stereocenters. The minimum atomic E-state index is -1.39. The second kappa shape index (κ2) is 3.45. The van der Waals surface area contributed by atoms with Gasteiger partial charge in [0, 0.05) is 11.1 Å². The number of carbonyl (C=O) groups excluding carboxylic acids is 1. The van der Waals surface area contributed by atoms with E-state index in [-0.39, 0.29) is 11.4 Å². The number of hydrogen-bond donors (Lipinski definition) is 1. The molecule has 0 radical (unpaired) electrons. The minimum Gasteiger partial charge on any atom is -0.487 e. The van der Waals surface area contributed by atoms with Crippen LogP contribution in [0.25, 0.3) is 0 Å². The van der Waals surface area contributed by atoms with Crippen molar-refractivity contribution in [1.29, 1.82) is 0 Å². The highest BCUT2D eigenvalue weighted by Gasteiger charge is 2.45. The molecule has 0 spiro atoms. The Hall–Kier alpha value is -1.09. The summed E-state index contributed by atoms with van der Waals surface area (Å²) < 4.78 is 5.95. The van der Waals surface area contributed by atoms with Crippen molar-refractivity contribution in [2.75, 3.05) is 0 Å². The van der Waals surface area contributed by atoms with Crippen LogP contribution in [0.1, 0.15) is 47.5 Å². The summed E-state index contributed by atoms with van der Waals surface area (Å²) in [4.78, 5) is 12.1. The highest BCUT2D eigenvalue weighted by Crippen LogP contribution is 2.44. The van der Waals surface area contributed by atoms with E-state index in [1.165, 1.54) is 0 Å². The van der Waals surface area contributed by atoms with Crippen molar-refractivity contribution in [3.8, 4) is 0 Å². The molecular weight excluding hydrogens is 216 g/mol. The lowest BCUT2D eigenvalue weighted by Gasteiger charge is -2.41. The van der Waals surface area contributed by atoms with Crippen molar-refractivity contribution in [2.45, 2.75) is 58.7 Å². The molecule has 0 amide bonds. The average molecular weight is 236 g/mol. The number of rotatable bonds is 0. The van der Waals surface area contributed by atoms with Crippen LogP contribution < -0.4 is 0 Å². The SMILES string of the molecule is CC1=C(C)C2=C(CCC(C)(C)O2)C(C)(O)C1=O. The van der Waals surface area contributed by atoms with Crippen LogP contribution in [0.15, 0.2) is 22.5 Å². The van der Waals surface area contributed by atoms with Crippen molar-refractivity contribution in [2.24, 2.45) is 0 Å². The van der Waals surface area contributed by atoms with Gasteiger partial charge >= 0.3 is 0 Å². The van der Waals surface area contributed by atoms with Gasteiger partial charge in [-0.05, 0) is 53.0 Å². The zero-order valence-electron chi connectivity index (χ0n) is 11.2. The van der Waals surface area contributed by atoms with Crippen molar-refractivity contribution in [3.05, 3.63) is 22.5 Å². The highest BCUT2D eigenvalue weighted by molar-refractivity contribution is 6.06. The number of ketones is 1. The van der Waals surface area contributed by atoms with E-state index in [1.54, 1.807) is 13.8 Å². The number of Topliss-reactive ketones (excluding diaryl/α,β-unsaturated/α-hetero) is 1. The molecule has 17 heavy (non-hydrogen) atoms. The highest BCUT2D eigenvalue weighted by atomic mass is 16.5. The first-order valence-electron chi connectivity index (χ1n) is 6.04. The molecular formula is C14H20O3. The molecule has 94 valence electrons. The van der Waals surface area contributed by atoms with Crippen LogP contribution in [-0.4, -0.2) is 22.1 Å². The average Bonchev–Trinajstić information content (AvgIpc) is 2.22. The lowest BCUT2D eigenvalue weighted by atomic mass is 9.75. The first-order chi connectivity index (χ1) is 7.67. The summed E-state index contributed by atoms with van der Waals surface area (Å²) in [5.74, 6) is 0.528. The maximum Gasteiger partial charge on any atom is 0.194 e. The van der Waals surface area contributed by atoms with Crippen molar-refractivity contribution in [1.82, 2.24) is 0 Å². The predicted octanol–water partition coefficient (Wildman–Crippen LogP) is 2.50. The van der Waals surface area contributed by atoms with E-state index < -0.39 is 5.60 Å². The zero-order valence-corrected chi connectivity index (χ0v) is 11.2. The molecule has 3 nitrogen and oxygen atoms in total. The molecule has 0 saturated heterocycles. The van der Waals surface area contributed by atoms with Gasteiger partial charge in [0.05, 0.1) is 0 Å². The maximum atomic E-state index is 12.1. The summed E-state index contributed by atoms with van der Waals surface area (Å²) in [7, 11) is 0. The molecule has 1 aliphatic carbocycles. The third-order valence-electron chi connectivity index (χ3n) is 3.90. The van der Waals surface area contributed by atoms with Crippen LogP contribution in [0, 0.1) is 0 Å². The van der Waals surface area contributed by atoms with E-state index in [0.29, 0.717) is 12.0 Å². The van der Waals surface area contributed by atoms with Crippen molar-refractivity contribution in [3.63, 3.8) is 0 Å². The fourth-order valence-corrected chi connectivity index (χ4v) is 2.54. The Morgan fingerprint density at radius 1 is 1.18 bits per heavy atom. The quantitative estimate of drug-likeness (QED) is 0.703. The second-order valence-corrected chi connectivity index (χ2v) is 5.82. The van der Waals surface area contributed by atoms with E-state index in [0.717, 1.165) is 23.3 Å². The van der Waals surface area contributed by atoms with Crippen LogP contribution in [0.2, 0.25) is 0 Å². The Bertz CT molecular complexity index is 450. The predicted molar refractivity (Wildman–Crippen MR) is 65.4 cm³/mol. The van der Waals surface area contributed by atoms with E-state index >= 15 is 0 Å². The summed E-state index contributed by atoms with van der Waals surface area (Å²) in [6.07, 6.45) is 1.54. The van der Waals surface area contributed by atoms with Crippen LogP contribution >= 0.6 is 0 Å². The Morgan fingerprint density at radius 2 is 1.76 bits per heavy atom. The third kappa shape index (κ3) is 1.73. The standard InChI is InChI=1S/C14H20O3/c1-8-9(2)12(15)14(5,16)10-6-7-13(3,4)17-11(8)10/h16H,6-7H2,1-5H3. The Kier molecular flexibility index (Phi) is 2.51. The van der Waals surface area contributed by atoms with Crippen LogP contribution in [-0.2, 0) is 9.53 Å². The summed E-state index contributed by atoms with van der Waals surface area (Å²) >= 11 is 0. The number of aliphatic hydroxyl groups is 1. The van der Waals surface area contributed by atoms with Gasteiger partial charge in [0.2, 0.25) is 0 Å². The second-order valence-electron chi connectivity index (χ2n) is 5.82. The molecule has 1 aliphatic heterocycles. The topological polar surface area (TPSA) is 46.5 Å². The Labute approximate surface area is 102 Å². The number of carbonyl (C=O) groups is 1. The molecule has 0 aromatic carbocycles. The van der Waals surface area contributed by atoms with Gasteiger partial charge in [0.25, 0.3) is 0 Å². The smallest absolute Gasteiger partial charge is 0.194 e. The van der Waals surface area contributed by atoms with Crippen LogP contribution in [0.4, 0.5) is 0 Å². The van der Waals surface area contributed by atoms with E-state index in [2.05, 4.69) is 0 Å². The molecule has 2 rings (SSSR count). The van der Waals surface area contributed by atoms with E-state index in [9.17, 15) is 9.90 Å². The molecule has 0 saturated carbocycles. The molecule has 1 heterocycles. The maximum absolute atomic E-state index is 12.1. The summed E-state index contributed by atoms with van der Waals surface area (Å²) in [6, 6.07) is 0. The number of ether oxygens (including phenoxy) is 1. The lowest BCUT2D eigenvalue weighted by molar-refractivity contribution is -0.130. The van der Waals surface area contributed by atoms with Gasteiger partial charge in [-0.1, -0.05) is 0 Å². The minimum absolute atomic E-state index is 0.197. The van der Waals surface area contributed by atoms with Gasteiger partial charge in [-0.15, -0.1) is 0 Å². The molecule has 0 fully saturated rings. The summed E-state index contributed by atoms with van der Waals surface area (Å²) in [6.45, 7) is 9.28. The monoisotopic (exact) mass is 236 g/mol. The summed E-state index contributed by atoms with van der Waals surface area (Å²) in [5, 5.41) is 10.4. The Morgan fingerprint density at radius 3 is 2.35 bits per heavy atom. The molecule has 0 aromatic rings. The van der Waals surface area contributed by atoms with E-state index in [1.807, 2.05) is 20.8 Å². The first kappa shape index (κ1) is 12.4. The first-order valence-corrected chi connectivity index (χ1v) is 6.04. The molecule has 3 heteroatoms. The van der Waals surface area contributed by atoms with Crippen molar-refractivity contribution >= 4 is 5.78 Å².